The predicted molar refractivity (Wildman–Crippen MR) is 101 cm³/mol. The summed E-state index contributed by atoms with van der Waals surface area (Å²) in [6.45, 7) is 3.92. The third-order valence-corrected chi connectivity index (χ3v) is 4.15. The smallest absolute Gasteiger partial charge is 0.339 e. The van der Waals surface area contributed by atoms with Gasteiger partial charge in [-0.1, -0.05) is 43.7 Å². The number of rotatable bonds is 8. The van der Waals surface area contributed by atoms with Crippen LogP contribution >= 0.6 is 0 Å². The highest BCUT2D eigenvalue weighted by Crippen LogP contribution is 2.21. The van der Waals surface area contributed by atoms with Crippen LogP contribution in [0.5, 0.6) is 0 Å². The minimum Gasteiger partial charge on any atom is -0.465 e. The zero-order valence-corrected chi connectivity index (χ0v) is 15.8. The number of carbonyl (C=O) groups is 3. The van der Waals surface area contributed by atoms with Gasteiger partial charge >= 0.3 is 5.97 Å². The maximum atomic E-state index is 12.5. The zero-order chi connectivity index (χ0) is 19.8. The van der Waals surface area contributed by atoms with Gasteiger partial charge in [-0.3, -0.25) is 9.59 Å². The lowest BCUT2D eigenvalue weighted by atomic mass is 10.0. The number of H-pyrrole nitrogens is 1. The number of hydrogen-bond donors (Lipinski definition) is 3. The van der Waals surface area contributed by atoms with Crippen LogP contribution in [0.1, 0.15) is 51.0 Å². The van der Waals surface area contributed by atoms with E-state index in [0.717, 1.165) is 12.0 Å². The van der Waals surface area contributed by atoms with E-state index in [1.165, 1.54) is 7.11 Å². The Hall–Kier alpha value is -3.09. The summed E-state index contributed by atoms with van der Waals surface area (Å²) in [7, 11) is 1.31. The summed E-state index contributed by atoms with van der Waals surface area (Å²) in [5.74, 6) is -1.20. The number of amides is 2. The summed E-state index contributed by atoms with van der Waals surface area (Å²) in [6.07, 6.45) is 1.32. The molecule has 0 fully saturated rings. The number of methoxy groups -OCH3 is 1. The van der Waals surface area contributed by atoms with Gasteiger partial charge < -0.3 is 20.4 Å². The van der Waals surface area contributed by atoms with Crippen molar-refractivity contribution in [3.05, 3.63) is 58.4 Å². The molecule has 0 unspecified atom stereocenters. The van der Waals surface area contributed by atoms with Crippen molar-refractivity contribution < 1.29 is 19.1 Å². The molecule has 1 aromatic heterocycles. The Kier molecular flexibility index (Phi) is 7.16. The average Bonchev–Trinajstić information content (AvgIpc) is 3.01. The van der Waals surface area contributed by atoms with E-state index < -0.39 is 11.9 Å². The Bertz CT molecular complexity index is 812. The van der Waals surface area contributed by atoms with Crippen molar-refractivity contribution in [2.24, 2.45) is 0 Å². The molecule has 0 saturated heterocycles. The van der Waals surface area contributed by atoms with Gasteiger partial charge in [0, 0.05) is 12.2 Å². The summed E-state index contributed by atoms with van der Waals surface area (Å²) in [5.41, 5.74) is 2.85. The number of aromatic amines is 1. The van der Waals surface area contributed by atoms with Gasteiger partial charge in [0.2, 0.25) is 5.91 Å². The Morgan fingerprint density at radius 2 is 1.81 bits per heavy atom. The predicted octanol–water partition coefficient (Wildman–Crippen LogP) is 2.11. The molecule has 2 aromatic rings. The third kappa shape index (κ3) is 5.20. The molecule has 144 valence electrons. The van der Waals surface area contributed by atoms with E-state index in [9.17, 15) is 14.4 Å². The molecule has 0 radical (unpaired) electrons. The van der Waals surface area contributed by atoms with E-state index in [0.29, 0.717) is 35.5 Å². The van der Waals surface area contributed by atoms with Crippen LogP contribution in [-0.2, 0) is 22.5 Å². The SMILES string of the molecule is CCCc1c(C(=O)NCC(=O)NCc2ccccc2)[nH]c(C)c1C(=O)OC. The van der Waals surface area contributed by atoms with E-state index in [1.54, 1.807) is 6.92 Å². The molecule has 2 rings (SSSR count). The first kappa shape index (κ1) is 20.2. The molecule has 0 bridgehead atoms. The number of ether oxygens (including phenoxy) is 1. The van der Waals surface area contributed by atoms with E-state index in [2.05, 4.69) is 15.6 Å². The lowest BCUT2D eigenvalue weighted by molar-refractivity contribution is -0.120. The molecule has 2 amide bonds. The summed E-state index contributed by atoms with van der Waals surface area (Å²) < 4.78 is 4.81. The van der Waals surface area contributed by atoms with Crippen molar-refractivity contribution in [2.45, 2.75) is 33.2 Å². The van der Waals surface area contributed by atoms with Crippen molar-refractivity contribution in [3.8, 4) is 0 Å². The van der Waals surface area contributed by atoms with Gasteiger partial charge in [-0.2, -0.15) is 0 Å². The first-order chi connectivity index (χ1) is 13.0. The molecule has 1 heterocycles. The molecular formula is C20H25N3O4. The quantitative estimate of drug-likeness (QED) is 0.619. The lowest BCUT2D eigenvalue weighted by Gasteiger charge is -2.08. The summed E-state index contributed by atoms with van der Waals surface area (Å²) in [6, 6.07) is 9.51. The highest BCUT2D eigenvalue weighted by atomic mass is 16.5. The molecule has 7 nitrogen and oxygen atoms in total. The summed E-state index contributed by atoms with van der Waals surface area (Å²) in [4.78, 5) is 39.5. The van der Waals surface area contributed by atoms with Gasteiger partial charge in [-0.05, 0) is 24.5 Å². The number of carbonyl (C=O) groups excluding carboxylic acids is 3. The van der Waals surface area contributed by atoms with Gasteiger partial charge in [0.15, 0.2) is 0 Å². The van der Waals surface area contributed by atoms with Crippen molar-refractivity contribution in [1.29, 1.82) is 0 Å². The van der Waals surface area contributed by atoms with E-state index >= 15 is 0 Å². The van der Waals surface area contributed by atoms with Crippen LogP contribution in [0.25, 0.3) is 0 Å². The van der Waals surface area contributed by atoms with Crippen molar-refractivity contribution in [2.75, 3.05) is 13.7 Å². The Labute approximate surface area is 158 Å². The topological polar surface area (TPSA) is 100 Å². The first-order valence-corrected chi connectivity index (χ1v) is 8.86. The van der Waals surface area contributed by atoms with Crippen molar-refractivity contribution >= 4 is 17.8 Å². The number of nitrogens with one attached hydrogen (secondary N) is 3. The van der Waals surface area contributed by atoms with Gasteiger partial charge in [0.1, 0.15) is 5.69 Å². The molecule has 27 heavy (non-hydrogen) atoms. The van der Waals surface area contributed by atoms with Gasteiger partial charge in [-0.15, -0.1) is 0 Å². The highest BCUT2D eigenvalue weighted by Gasteiger charge is 2.24. The minimum absolute atomic E-state index is 0.150. The molecule has 0 saturated carbocycles. The van der Waals surface area contributed by atoms with Gasteiger partial charge in [0.05, 0.1) is 19.2 Å². The van der Waals surface area contributed by atoms with Crippen LogP contribution in [0.3, 0.4) is 0 Å². The second-order valence-corrected chi connectivity index (χ2v) is 6.17. The van der Waals surface area contributed by atoms with Gasteiger partial charge in [-0.25, -0.2) is 4.79 Å². The number of esters is 1. The van der Waals surface area contributed by atoms with Crippen LogP contribution in [0.15, 0.2) is 30.3 Å². The van der Waals surface area contributed by atoms with Crippen molar-refractivity contribution in [1.82, 2.24) is 15.6 Å². The van der Waals surface area contributed by atoms with E-state index in [1.807, 2.05) is 37.3 Å². The Morgan fingerprint density at radius 1 is 1.11 bits per heavy atom. The Balaban J connectivity index is 2.00. The standard InChI is InChI=1S/C20H25N3O4/c1-4-8-15-17(20(26)27-3)13(2)23-18(15)19(25)22-12-16(24)21-11-14-9-6-5-7-10-14/h5-7,9-10,23H,4,8,11-12H2,1-3H3,(H,21,24)(H,22,25). The number of aromatic nitrogens is 1. The van der Waals surface area contributed by atoms with Crippen LogP contribution in [-0.4, -0.2) is 36.4 Å². The van der Waals surface area contributed by atoms with Gasteiger partial charge in [0.25, 0.3) is 5.91 Å². The molecule has 0 aliphatic rings. The average molecular weight is 371 g/mol. The minimum atomic E-state index is -0.480. The maximum Gasteiger partial charge on any atom is 0.339 e. The summed E-state index contributed by atoms with van der Waals surface area (Å²) in [5, 5.41) is 5.35. The maximum absolute atomic E-state index is 12.5. The number of benzene rings is 1. The molecule has 0 atom stereocenters. The monoisotopic (exact) mass is 371 g/mol. The zero-order valence-electron chi connectivity index (χ0n) is 15.8. The molecule has 0 spiro atoms. The molecule has 0 aliphatic heterocycles. The second kappa shape index (κ2) is 9.56. The van der Waals surface area contributed by atoms with Crippen molar-refractivity contribution in [3.63, 3.8) is 0 Å². The normalized spacial score (nSPS) is 10.3. The molecular weight excluding hydrogens is 346 g/mol. The van der Waals surface area contributed by atoms with Crippen LogP contribution in [0.4, 0.5) is 0 Å². The number of aryl methyl sites for hydroxylation is 1. The van der Waals surface area contributed by atoms with Crippen LogP contribution < -0.4 is 10.6 Å². The van der Waals surface area contributed by atoms with E-state index in [-0.39, 0.29) is 12.5 Å². The Morgan fingerprint density at radius 3 is 2.44 bits per heavy atom. The fraction of sp³-hybridized carbons (Fsp3) is 0.350. The third-order valence-electron chi connectivity index (χ3n) is 4.15. The first-order valence-electron chi connectivity index (χ1n) is 8.86. The largest absolute Gasteiger partial charge is 0.465 e. The van der Waals surface area contributed by atoms with Crippen LogP contribution in [0.2, 0.25) is 0 Å². The molecule has 3 N–H and O–H groups in total. The highest BCUT2D eigenvalue weighted by molar-refractivity contribution is 6.01. The molecule has 7 heteroatoms. The second-order valence-electron chi connectivity index (χ2n) is 6.17. The van der Waals surface area contributed by atoms with E-state index in [4.69, 9.17) is 4.74 Å². The fourth-order valence-corrected chi connectivity index (χ4v) is 2.86. The van der Waals surface area contributed by atoms with Crippen LogP contribution in [0, 0.1) is 6.92 Å². The molecule has 1 aromatic carbocycles. The molecule has 0 aliphatic carbocycles. The lowest BCUT2D eigenvalue weighted by Crippen LogP contribution is -2.37. The number of hydrogen-bond acceptors (Lipinski definition) is 4. The summed E-state index contributed by atoms with van der Waals surface area (Å²) >= 11 is 0. The fourth-order valence-electron chi connectivity index (χ4n) is 2.86.